The summed E-state index contributed by atoms with van der Waals surface area (Å²) in [7, 11) is 0. The number of halogens is 3. The van der Waals surface area contributed by atoms with Gasteiger partial charge in [0.25, 0.3) is 0 Å². The SMILES string of the molecule is O=C(O)[C@H]1NC2(CCCCC2)[C@]2(C(=O)Nc3cc(Cl)ccc32)[C@@H]1c1cccc(Cl)c1F. The number of nitrogens with one attached hydrogen (secondary N) is 2. The lowest BCUT2D eigenvalue weighted by molar-refractivity contribution is -0.139. The molecule has 162 valence electrons. The lowest BCUT2D eigenvalue weighted by Crippen LogP contribution is -2.60. The van der Waals surface area contributed by atoms with Crippen LogP contribution in [0.3, 0.4) is 0 Å². The lowest BCUT2D eigenvalue weighted by Gasteiger charge is -2.47. The van der Waals surface area contributed by atoms with Crippen LogP contribution in [0.25, 0.3) is 0 Å². The summed E-state index contributed by atoms with van der Waals surface area (Å²) in [6.07, 6.45) is 3.93. The maximum absolute atomic E-state index is 15.3. The van der Waals surface area contributed by atoms with Crippen LogP contribution >= 0.6 is 23.2 Å². The van der Waals surface area contributed by atoms with E-state index in [4.69, 9.17) is 23.2 Å². The highest BCUT2D eigenvalue weighted by atomic mass is 35.5. The first-order valence-electron chi connectivity index (χ1n) is 10.4. The Kier molecular flexibility index (Phi) is 4.81. The van der Waals surface area contributed by atoms with Gasteiger partial charge in [-0.3, -0.25) is 14.9 Å². The van der Waals surface area contributed by atoms with Crippen molar-refractivity contribution in [3.63, 3.8) is 0 Å². The molecule has 2 spiro atoms. The Balaban J connectivity index is 1.86. The summed E-state index contributed by atoms with van der Waals surface area (Å²) in [5, 5.41) is 16.8. The number of anilines is 1. The monoisotopic (exact) mass is 462 g/mol. The minimum Gasteiger partial charge on any atom is -0.480 e. The van der Waals surface area contributed by atoms with E-state index in [1.807, 2.05) is 0 Å². The van der Waals surface area contributed by atoms with Crippen LogP contribution in [0.15, 0.2) is 36.4 Å². The Morgan fingerprint density at radius 2 is 1.87 bits per heavy atom. The van der Waals surface area contributed by atoms with Crippen LogP contribution in [-0.2, 0) is 15.0 Å². The first-order chi connectivity index (χ1) is 14.8. The van der Waals surface area contributed by atoms with Crippen LogP contribution in [-0.4, -0.2) is 28.6 Å². The van der Waals surface area contributed by atoms with Gasteiger partial charge in [-0.2, -0.15) is 0 Å². The molecule has 1 amide bonds. The second-order valence-electron chi connectivity index (χ2n) is 8.68. The van der Waals surface area contributed by atoms with Gasteiger partial charge in [0, 0.05) is 22.2 Å². The standard InChI is InChI=1S/C23H21Cl2FN2O3/c24-12-7-8-14-16(11-12)27-21(31)23(14)17(13-5-4-6-15(25)18(13)26)19(20(29)30)28-22(23)9-2-1-3-10-22/h4-8,11,17,19,28H,1-3,9-10H2,(H,27,31)(H,29,30)/t17-,19+,23+/m1/s1. The van der Waals surface area contributed by atoms with Gasteiger partial charge < -0.3 is 10.4 Å². The number of carbonyl (C=O) groups is 2. The predicted molar refractivity (Wildman–Crippen MR) is 116 cm³/mol. The fourth-order valence-corrected chi connectivity index (χ4v) is 6.56. The molecule has 2 heterocycles. The number of aliphatic carboxylic acids is 1. The Bertz CT molecular complexity index is 1100. The highest BCUT2D eigenvalue weighted by Gasteiger charge is 2.72. The van der Waals surface area contributed by atoms with Gasteiger partial charge >= 0.3 is 5.97 Å². The third-order valence-corrected chi connectivity index (χ3v) is 7.82. The van der Waals surface area contributed by atoms with Crippen molar-refractivity contribution < 1.29 is 19.1 Å². The quantitative estimate of drug-likeness (QED) is 0.594. The largest absolute Gasteiger partial charge is 0.480 e. The molecule has 2 fully saturated rings. The summed E-state index contributed by atoms with van der Waals surface area (Å²) in [4.78, 5) is 26.3. The number of rotatable bonds is 2. The molecule has 2 aromatic rings. The molecule has 2 aliphatic heterocycles. The minimum atomic E-state index is -1.30. The van der Waals surface area contributed by atoms with Crippen LogP contribution in [0.4, 0.5) is 10.1 Å². The molecule has 8 heteroatoms. The second-order valence-corrected chi connectivity index (χ2v) is 9.52. The second kappa shape index (κ2) is 7.19. The van der Waals surface area contributed by atoms with Crippen molar-refractivity contribution >= 4 is 40.8 Å². The number of carboxylic acids is 1. The number of hydrogen-bond donors (Lipinski definition) is 3. The summed E-state index contributed by atoms with van der Waals surface area (Å²) in [6, 6.07) is 8.52. The first-order valence-corrected chi connectivity index (χ1v) is 11.1. The van der Waals surface area contributed by atoms with Gasteiger partial charge in [-0.25, -0.2) is 4.39 Å². The molecule has 1 saturated heterocycles. The maximum Gasteiger partial charge on any atom is 0.321 e. The number of fused-ring (bicyclic) bond motifs is 3. The van der Waals surface area contributed by atoms with Crippen LogP contribution in [0, 0.1) is 5.82 Å². The fourth-order valence-electron chi connectivity index (χ4n) is 6.21. The van der Waals surface area contributed by atoms with E-state index in [1.54, 1.807) is 24.3 Å². The molecule has 3 atom stereocenters. The zero-order valence-electron chi connectivity index (χ0n) is 16.6. The molecule has 5 nitrogen and oxygen atoms in total. The fraction of sp³-hybridized carbons (Fsp3) is 0.391. The average Bonchev–Trinajstić information content (AvgIpc) is 3.18. The van der Waals surface area contributed by atoms with Gasteiger partial charge in [0.05, 0.1) is 5.02 Å². The van der Waals surface area contributed by atoms with Crippen molar-refractivity contribution in [3.8, 4) is 0 Å². The number of carboxylic acid groups (broad SMARTS) is 1. The molecule has 0 unspecified atom stereocenters. The van der Waals surface area contributed by atoms with Crippen LogP contribution in [0.5, 0.6) is 0 Å². The smallest absolute Gasteiger partial charge is 0.321 e. The Morgan fingerprint density at radius 3 is 2.58 bits per heavy atom. The molecule has 0 radical (unpaired) electrons. The highest BCUT2D eigenvalue weighted by molar-refractivity contribution is 6.31. The van der Waals surface area contributed by atoms with Gasteiger partial charge in [-0.05, 0) is 42.2 Å². The van der Waals surface area contributed by atoms with E-state index in [2.05, 4.69) is 10.6 Å². The number of hydrogen-bond acceptors (Lipinski definition) is 3. The van der Waals surface area contributed by atoms with Gasteiger partial charge in [0.15, 0.2) is 0 Å². The van der Waals surface area contributed by atoms with Gasteiger partial charge in [0.1, 0.15) is 17.3 Å². The summed E-state index contributed by atoms with van der Waals surface area (Å²) in [6.45, 7) is 0. The molecule has 3 aliphatic rings. The molecule has 0 bridgehead atoms. The van der Waals surface area contributed by atoms with E-state index in [-0.39, 0.29) is 16.5 Å². The molecule has 0 aromatic heterocycles. The van der Waals surface area contributed by atoms with Gasteiger partial charge in [0.2, 0.25) is 5.91 Å². The first kappa shape index (κ1) is 20.7. The van der Waals surface area contributed by atoms with Crippen molar-refractivity contribution in [3.05, 3.63) is 63.4 Å². The van der Waals surface area contributed by atoms with Crippen molar-refractivity contribution in [1.82, 2.24) is 5.32 Å². The highest BCUT2D eigenvalue weighted by Crippen LogP contribution is 2.62. The van der Waals surface area contributed by atoms with E-state index in [0.29, 0.717) is 29.1 Å². The average molecular weight is 463 g/mol. The minimum absolute atomic E-state index is 0.101. The molecule has 3 N–H and O–H groups in total. The normalized spacial score (nSPS) is 28.7. The summed E-state index contributed by atoms with van der Waals surface area (Å²) >= 11 is 12.3. The van der Waals surface area contributed by atoms with Crippen LogP contribution in [0.2, 0.25) is 10.0 Å². The van der Waals surface area contributed by atoms with Crippen molar-refractivity contribution in [2.24, 2.45) is 0 Å². The molecule has 2 aromatic carbocycles. The maximum atomic E-state index is 15.3. The van der Waals surface area contributed by atoms with E-state index in [1.165, 1.54) is 12.1 Å². The predicted octanol–water partition coefficient (Wildman–Crippen LogP) is 4.87. The summed E-state index contributed by atoms with van der Waals surface area (Å²) in [5.74, 6) is -3.12. The number of benzene rings is 2. The van der Waals surface area contributed by atoms with Gasteiger partial charge in [-0.1, -0.05) is 60.7 Å². The van der Waals surface area contributed by atoms with Gasteiger partial charge in [-0.15, -0.1) is 0 Å². The molecular weight excluding hydrogens is 442 g/mol. The van der Waals surface area contributed by atoms with Crippen LogP contribution in [0.1, 0.15) is 49.1 Å². The van der Waals surface area contributed by atoms with Crippen molar-refractivity contribution in [2.45, 2.75) is 55.0 Å². The third-order valence-electron chi connectivity index (χ3n) is 7.29. The van der Waals surface area contributed by atoms with E-state index >= 15 is 4.39 Å². The zero-order valence-corrected chi connectivity index (χ0v) is 18.1. The zero-order chi connectivity index (χ0) is 22.0. The van der Waals surface area contributed by atoms with Crippen LogP contribution < -0.4 is 10.6 Å². The molecule has 1 saturated carbocycles. The molecule has 5 rings (SSSR count). The third kappa shape index (κ3) is 2.71. The molecular formula is C23H21Cl2FN2O3. The summed E-state index contributed by atoms with van der Waals surface area (Å²) < 4.78 is 15.3. The van der Waals surface area contributed by atoms with Crippen molar-refractivity contribution in [2.75, 3.05) is 5.32 Å². The Hall–Kier alpha value is -2.15. The topological polar surface area (TPSA) is 78.4 Å². The molecule has 1 aliphatic carbocycles. The lowest BCUT2D eigenvalue weighted by atomic mass is 9.55. The van der Waals surface area contributed by atoms with E-state index in [9.17, 15) is 14.7 Å². The Morgan fingerprint density at radius 1 is 1.13 bits per heavy atom. The van der Waals surface area contributed by atoms with Crippen molar-refractivity contribution in [1.29, 1.82) is 0 Å². The summed E-state index contributed by atoms with van der Waals surface area (Å²) in [5.41, 5.74) is -0.793. The molecule has 31 heavy (non-hydrogen) atoms. The number of amides is 1. The number of carbonyl (C=O) groups excluding carboxylic acids is 1. The van der Waals surface area contributed by atoms with E-state index < -0.39 is 34.7 Å². The Labute approximate surface area is 188 Å². The van der Waals surface area contributed by atoms with E-state index in [0.717, 1.165) is 19.3 Å².